The molecule has 4 aliphatic rings. The van der Waals surface area contributed by atoms with E-state index in [0.717, 1.165) is 42.5 Å². The number of aromatic hydroxyl groups is 1. The van der Waals surface area contributed by atoms with E-state index in [1.807, 2.05) is 6.92 Å². The maximum atomic E-state index is 11.1. The minimum absolute atomic E-state index is 0.415. The Hall–Kier alpha value is -2.87. The first-order valence-corrected chi connectivity index (χ1v) is 10.1. The third-order valence-corrected chi connectivity index (χ3v) is 5.85. The fourth-order valence-electron chi connectivity index (χ4n) is 3.99. The average molecular weight is 370 g/mol. The van der Waals surface area contributed by atoms with Crippen molar-refractivity contribution in [3.8, 4) is 5.75 Å². The number of aryl methyl sites for hydroxylation is 5. The van der Waals surface area contributed by atoms with Crippen molar-refractivity contribution in [3.05, 3.63) is 99.6 Å². The van der Waals surface area contributed by atoms with E-state index in [9.17, 15) is 5.11 Å². The molecule has 0 saturated carbocycles. The van der Waals surface area contributed by atoms with Crippen LogP contribution in [-0.4, -0.2) is 10.8 Å². The van der Waals surface area contributed by atoms with Crippen LogP contribution < -0.4 is 0 Å². The number of rotatable bonds is 3. The van der Waals surface area contributed by atoms with Crippen LogP contribution in [0.4, 0.5) is 0 Å². The lowest BCUT2D eigenvalue weighted by atomic mass is 9.90. The molecular weight excluding hydrogens is 342 g/mol. The van der Waals surface area contributed by atoms with Crippen LogP contribution in [0.5, 0.6) is 5.75 Å². The number of aliphatic imine (C=N–C) groups is 1. The number of benzene rings is 3. The summed E-state index contributed by atoms with van der Waals surface area (Å²) in [6.45, 7) is 4.79. The Balaban J connectivity index is 1.70. The lowest BCUT2D eigenvalue weighted by Crippen LogP contribution is -2.07. The fraction of sp³-hybridized carbons (Fsp3) is 0.269. The minimum atomic E-state index is 0.415. The number of nitrogens with zero attached hydrogens (tertiary/aromatic N) is 1. The maximum absolute atomic E-state index is 11.1. The molecule has 3 aromatic rings. The normalized spacial score (nSPS) is 14.0. The van der Waals surface area contributed by atoms with E-state index < -0.39 is 0 Å². The first kappa shape index (κ1) is 18.5. The van der Waals surface area contributed by atoms with Gasteiger partial charge in [-0.2, -0.15) is 0 Å². The molecule has 0 saturated heterocycles. The molecule has 3 aromatic carbocycles. The van der Waals surface area contributed by atoms with Crippen LogP contribution in [0, 0.1) is 6.92 Å². The summed E-state index contributed by atoms with van der Waals surface area (Å²) in [4.78, 5) is 4.86. The summed E-state index contributed by atoms with van der Waals surface area (Å²) in [5.74, 6) is 0.415. The van der Waals surface area contributed by atoms with Crippen molar-refractivity contribution < 1.29 is 5.11 Å². The number of phenolic OH excluding ortho intramolecular Hbond substituents is 1. The Morgan fingerprint density at radius 1 is 0.821 bits per heavy atom. The number of hydrogen-bond acceptors (Lipinski definition) is 2. The van der Waals surface area contributed by atoms with Gasteiger partial charge in [0.05, 0.1) is 6.54 Å². The van der Waals surface area contributed by atoms with E-state index in [1.165, 1.54) is 27.8 Å². The van der Waals surface area contributed by atoms with Crippen LogP contribution in [0.3, 0.4) is 0 Å². The van der Waals surface area contributed by atoms with Crippen LogP contribution in [0.2, 0.25) is 0 Å². The lowest BCUT2D eigenvalue weighted by Gasteiger charge is -2.17. The molecule has 0 aromatic heterocycles. The highest BCUT2D eigenvalue weighted by atomic mass is 16.3. The summed E-state index contributed by atoms with van der Waals surface area (Å²) in [5, 5.41) is 11.1. The molecule has 0 aliphatic heterocycles. The smallest absolute Gasteiger partial charge is 0.128 e. The van der Waals surface area contributed by atoms with Gasteiger partial charge in [0, 0.05) is 11.3 Å². The van der Waals surface area contributed by atoms with Gasteiger partial charge < -0.3 is 5.11 Å². The molecule has 0 spiro atoms. The highest BCUT2D eigenvalue weighted by molar-refractivity contribution is 6.02. The zero-order valence-electron chi connectivity index (χ0n) is 16.7. The molecule has 0 radical (unpaired) electrons. The summed E-state index contributed by atoms with van der Waals surface area (Å²) < 4.78 is 0. The Morgan fingerprint density at radius 3 is 2.11 bits per heavy atom. The predicted molar refractivity (Wildman–Crippen MR) is 116 cm³/mol. The fourth-order valence-corrected chi connectivity index (χ4v) is 3.99. The van der Waals surface area contributed by atoms with Gasteiger partial charge in [-0.25, -0.2) is 0 Å². The molecular formula is C26H27NO. The summed E-state index contributed by atoms with van der Waals surface area (Å²) in [6.07, 6.45) is 3.65. The van der Waals surface area contributed by atoms with Crippen molar-refractivity contribution >= 4 is 5.71 Å². The van der Waals surface area contributed by atoms with Crippen LogP contribution in [-0.2, 0) is 32.2 Å². The first-order valence-electron chi connectivity index (χ1n) is 10.1. The van der Waals surface area contributed by atoms with E-state index in [2.05, 4.69) is 67.6 Å². The van der Waals surface area contributed by atoms with Gasteiger partial charge in [0.2, 0.25) is 0 Å². The van der Waals surface area contributed by atoms with E-state index in [-0.39, 0.29) is 0 Å². The molecule has 0 atom stereocenters. The van der Waals surface area contributed by atoms with Gasteiger partial charge in [0.15, 0.2) is 0 Å². The van der Waals surface area contributed by atoms with Crippen LogP contribution in [0.1, 0.15) is 45.9 Å². The SMILES string of the molecule is CC(=NCc1ccccc1C)c1c2ccc(c1O)CCc1ccc(cc1)CC2. The van der Waals surface area contributed by atoms with Gasteiger partial charge >= 0.3 is 0 Å². The van der Waals surface area contributed by atoms with Gasteiger partial charge in [-0.15, -0.1) is 0 Å². The average Bonchev–Trinajstić information content (AvgIpc) is 2.70. The van der Waals surface area contributed by atoms with Crippen LogP contribution >= 0.6 is 0 Å². The molecule has 28 heavy (non-hydrogen) atoms. The summed E-state index contributed by atoms with van der Waals surface area (Å²) in [6, 6.07) is 21.5. The number of phenols is 1. The van der Waals surface area contributed by atoms with Gasteiger partial charge in [0.25, 0.3) is 0 Å². The second kappa shape index (κ2) is 8.02. The van der Waals surface area contributed by atoms with Crippen LogP contribution in [0.25, 0.3) is 0 Å². The van der Waals surface area contributed by atoms with Crippen molar-refractivity contribution in [2.75, 3.05) is 0 Å². The topological polar surface area (TPSA) is 32.6 Å². The molecule has 2 nitrogen and oxygen atoms in total. The van der Waals surface area contributed by atoms with Crippen molar-refractivity contribution in [2.24, 2.45) is 4.99 Å². The molecule has 0 fully saturated rings. The third kappa shape index (κ3) is 3.87. The Labute approximate surface area is 167 Å². The monoisotopic (exact) mass is 369 g/mol. The standard InChI is InChI=1S/C26H27NO/c1-18-5-3-4-6-24(18)17-27-19(2)25-22-13-11-20-7-9-21(10-8-20)12-14-23(16-15-22)26(25)28/h3-10,15-16,28H,11-14,17H2,1-2H3. The third-order valence-electron chi connectivity index (χ3n) is 5.85. The maximum Gasteiger partial charge on any atom is 0.128 e. The Morgan fingerprint density at radius 2 is 1.43 bits per heavy atom. The Bertz CT molecular complexity index is 1020. The molecule has 1 N–H and O–H groups in total. The molecule has 4 bridgehead atoms. The van der Waals surface area contributed by atoms with Crippen molar-refractivity contribution in [1.82, 2.24) is 0 Å². The second-order valence-corrected chi connectivity index (χ2v) is 7.75. The highest BCUT2D eigenvalue weighted by Crippen LogP contribution is 2.30. The highest BCUT2D eigenvalue weighted by Gasteiger charge is 2.16. The largest absolute Gasteiger partial charge is 0.507 e. The first-order chi connectivity index (χ1) is 13.6. The second-order valence-electron chi connectivity index (χ2n) is 7.75. The molecule has 4 aliphatic carbocycles. The molecule has 2 heteroatoms. The van der Waals surface area contributed by atoms with Crippen molar-refractivity contribution in [3.63, 3.8) is 0 Å². The van der Waals surface area contributed by atoms with E-state index in [0.29, 0.717) is 12.3 Å². The molecule has 7 rings (SSSR count). The number of hydrogen-bond donors (Lipinski definition) is 1. The van der Waals surface area contributed by atoms with Crippen molar-refractivity contribution in [1.29, 1.82) is 0 Å². The van der Waals surface area contributed by atoms with Gasteiger partial charge in [-0.3, -0.25) is 4.99 Å². The van der Waals surface area contributed by atoms with E-state index in [1.54, 1.807) is 0 Å². The van der Waals surface area contributed by atoms with Crippen molar-refractivity contribution in [2.45, 2.75) is 46.1 Å². The summed E-state index contributed by atoms with van der Waals surface area (Å²) in [5.41, 5.74) is 9.18. The van der Waals surface area contributed by atoms with Crippen LogP contribution in [0.15, 0.2) is 65.7 Å². The zero-order chi connectivity index (χ0) is 19.5. The van der Waals surface area contributed by atoms with Gasteiger partial charge in [-0.05, 0) is 72.9 Å². The molecule has 0 heterocycles. The molecule has 0 amide bonds. The van der Waals surface area contributed by atoms with E-state index in [4.69, 9.17) is 4.99 Å². The molecule has 142 valence electrons. The minimum Gasteiger partial charge on any atom is -0.507 e. The summed E-state index contributed by atoms with van der Waals surface area (Å²) >= 11 is 0. The Kier molecular flexibility index (Phi) is 5.29. The lowest BCUT2D eigenvalue weighted by molar-refractivity contribution is 0.465. The molecule has 0 unspecified atom stereocenters. The van der Waals surface area contributed by atoms with E-state index >= 15 is 0 Å². The van der Waals surface area contributed by atoms with Gasteiger partial charge in [-0.1, -0.05) is 60.7 Å². The quantitative estimate of drug-likeness (QED) is 0.599. The zero-order valence-corrected chi connectivity index (χ0v) is 16.7. The van der Waals surface area contributed by atoms with Gasteiger partial charge in [0.1, 0.15) is 5.75 Å². The predicted octanol–water partition coefficient (Wildman–Crippen LogP) is 5.59. The summed E-state index contributed by atoms with van der Waals surface area (Å²) in [7, 11) is 0.